The van der Waals surface area contributed by atoms with Crippen LogP contribution in [0.3, 0.4) is 0 Å². The predicted molar refractivity (Wildman–Crippen MR) is 166 cm³/mol. The summed E-state index contributed by atoms with van der Waals surface area (Å²) in [7, 11) is 1.71. The van der Waals surface area contributed by atoms with E-state index in [0.717, 1.165) is 31.7 Å². The Morgan fingerprint density at radius 3 is 2.67 bits per heavy atom. The van der Waals surface area contributed by atoms with Crippen molar-refractivity contribution in [3.63, 3.8) is 0 Å². The molecule has 3 aliphatic rings. The Hall–Kier alpha value is -5.10. The Labute approximate surface area is 259 Å². The van der Waals surface area contributed by atoms with E-state index in [2.05, 4.69) is 25.5 Å². The maximum atomic E-state index is 15.0. The summed E-state index contributed by atoms with van der Waals surface area (Å²) >= 11 is 0. The number of anilines is 2. The molecular formula is C33H32FN7O4. The van der Waals surface area contributed by atoms with Crippen molar-refractivity contribution in [2.75, 3.05) is 30.4 Å². The molecule has 4 aromatic rings. The van der Waals surface area contributed by atoms with E-state index in [4.69, 9.17) is 14.6 Å². The van der Waals surface area contributed by atoms with Crippen molar-refractivity contribution in [2.24, 2.45) is 4.99 Å². The van der Waals surface area contributed by atoms with Gasteiger partial charge in [0.15, 0.2) is 0 Å². The van der Waals surface area contributed by atoms with Crippen molar-refractivity contribution < 1.29 is 23.5 Å². The molecule has 5 heterocycles. The molecule has 11 nitrogen and oxygen atoms in total. The van der Waals surface area contributed by atoms with Gasteiger partial charge in [0, 0.05) is 56.1 Å². The molecular weight excluding hydrogens is 577 g/mol. The number of ether oxygens (including phenoxy) is 2. The summed E-state index contributed by atoms with van der Waals surface area (Å²) in [6, 6.07) is 17.4. The maximum Gasteiger partial charge on any atom is 0.269 e. The zero-order valence-corrected chi connectivity index (χ0v) is 24.9. The van der Waals surface area contributed by atoms with Crippen molar-refractivity contribution in [3.05, 3.63) is 89.4 Å². The molecule has 230 valence electrons. The normalized spacial score (nSPS) is 20.8. The average Bonchev–Trinajstić information content (AvgIpc) is 3.66. The fourth-order valence-electron chi connectivity index (χ4n) is 5.94. The number of methoxy groups -OCH3 is 1. The minimum absolute atomic E-state index is 0.00333. The molecule has 1 saturated heterocycles. The summed E-state index contributed by atoms with van der Waals surface area (Å²) in [6.07, 6.45) is 1.99. The monoisotopic (exact) mass is 609 g/mol. The SMILES string of the molecule is CO[C@H]1CCN(c2ccc(-c3nn4c(c3C(=O)N[C@H]3N=C(c5ccccc5)c5cccc(F)c5NC3=O)O[C@H](C)CC4)cn2)C1. The third-order valence-corrected chi connectivity index (χ3v) is 8.36. The summed E-state index contributed by atoms with van der Waals surface area (Å²) < 4.78 is 28.2. The van der Waals surface area contributed by atoms with Crippen LogP contribution < -0.4 is 20.3 Å². The number of aromatic nitrogens is 3. The highest BCUT2D eigenvalue weighted by Gasteiger charge is 2.34. The Morgan fingerprint density at radius 1 is 1.07 bits per heavy atom. The molecule has 3 aliphatic heterocycles. The molecule has 2 aromatic heterocycles. The fraction of sp³-hybridized carbons (Fsp3) is 0.303. The number of hydrogen-bond donors (Lipinski definition) is 2. The molecule has 0 aliphatic carbocycles. The van der Waals surface area contributed by atoms with Crippen LogP contribution in [-0.2, 0) is 16.1 Å². The first kappa shape index (κ1) is 28.7. The number of pyridine rings is 1. The molecule has 0 saturated carbocycles. The van der Waals surface area contributed by atoms with Crippen LogP contribution in [0.5, 0.6) is 5.88 Å². The largest absolute Gasteiger partial charge is 0.474 e. The second kappa shape index (κ2) is 11.8. The number of amides is 2. The summed E-state index contributed by atoms with van der Waals surface area (Å²) in [6.45, 7) is 4.08. The smallest absolute Gasteiger partial charge is 0.269 e. The summed E-state index contributed by atoms with van der Waals surface area (Å²) in [5, 5.41) is 10.1. The van der Waals surface area contributed by atoms with E-state index >= 15 is 0 Å². The van der Waals surface area contributed by atoms with Gasteiger partial charge in [-0.2, -0.15) is 5.10 Å². The molecule has 2 N–H and O–H groups in total. The van der Waals surface area contributed by atoms with E-state index in [1.54, 1.807) is 30.1 Å². The summed E-state index contributed by atoms with van der Waals surface area (Å²) in [5.41, 5.74) is 2.63. The number of carbonyl (C=O) groups is 2. The molecule has 45 heavy (non-hydrogen) atoms. The Morgan fingerprint density at radius 2 is 1.91 bits per heavy atom. The van der Waals surface area contributed by atoms with E-state index in [1.807, 2.05) is 49.4 Å². The lowest BCUT2D eigenvalue weighted by Gasteiger charge is -2.22. The summed E-state index contributed by atoms with van der Waals surface area (Å²) in [4.78, 5) is 39.1. The molecule has 12 heteroatoms. The van der Waals surface area contributed by atoms with Gasteiger partial charge in [0.2, 0.25) is 12.0 Å². The van der Waals surface area contributed by atoms with Crippen LogP contribution in [0, 0.1) is 5.82 Å². The minimum atomic E-state index is -1.37. The third-order valence-electron chi connectivity index (χ3n) is 8.36. The molecule has 1 fully saturated rings. The second-order valence-corrected chi connectivity index (χ2v) is 11.3. The average molecular weight is 610 g/mol. The van der Waals surface area contributed by atoms with Gasteiger partial charge < -0.3 is 25.0 Å². The van der Waals surface area contributed by atoms with Crippen LogP contribution in [0.2, 0.25) is 0 Å². The number of nitrogens with zero attached hydrogens (tertiary/aromatic N) is 5. The van der Waals surface area contributed by atoms with E-state index in [9.17, 15) is 14.0 Å². The lowest BCUT2D eigenvalue weighted by molar-refractivity contribution is -0.117. The van der Waals surface area contributed by atoms with Gasteiger partial charge in [0.25, 0.3) is 11.8 Å². The van der Waals surface area contributed by atoms with Gasteiger partial charge >= 0.3 is 0 Å². The van der Waals surface area contributed by atoms with Crippen LogP contribution in [-0.4, -0.2) is 70.9 Å². The van der Waals surface area contributed by atoms with Crippen LogP contribution in [0.25, 0.3) is 11.3 Å². The number of aliphatic imine (C=N–C) groups is 1. The Bertz CT molecular complexity index is 1790. The quantitative estimate of drug-likeness (QED) is 0.339. The lowest BCUT2D eigenvalue weighted by Crippen LogP contribution is -2.42. The number of nitrogens with one attached hydrogen (secondary N) is 2. The van der Waals surface area contributed by atoms with Gasteiger partial charge in [0.1, 0.15) is 22.9 Å². The lowest BCUT2D eigenvalue weighted by atomic mass is 10.0. The van der Waals surface area contributed by atoms with Crippen molar-refractivity contribution >= 4 is 29.0 Å². The number of para-hydroxylation sites is 1. The van der Waals surface area contributed by atoms with Gasteiger partial charge in [-0.1, -0.05) is 42.5 Å². The van der Waals surface area contributed by atoms with Crippen LogP contribution >= 0.6 is 0 Å². The molecule has 0 unspecified atom stereocenters. The van der Waals surface area contributed by atoms with Crippen molar-refractivity contribution in [1.29, 1.82) is 0 Å². The zero-order valence-electron chi connectivity index (χ0n) is 24.9. The van der Waals surface area contributed by atoms with Crippen LogP contribution in [0.4, 0.5) is 15.9 Å². The highest BCUT2D eigenvalue weighted by Crippen LogP contribution is 2.35. The van der Waals surface area contributed by atoms with Gasteiger partial charge in [0.05, 0.1) is 23.6 Å². The third kappa shape index (κ3) is 5.42. The maximum absolute atomic E-state index is 15.0. The number of hydrogen-bond acceptors (Lipinski definition) is 8. The molecule has 0 bridgehead atoms. The van der Waals surface area contributed by atoms with Crippen molar-refractivity contribution in [1.82, 2.24) is 20.1 Å². The van der Waals surface area contributed by atoms with E-state index in [1.165, 1.54) is 6.07 Å². The van der Waals surface area contributed by atoms with Crippen molar-refractivity contribution in [2.45, 2.75) is 44.7 Å². The van der Waals surface area contributed by atoms with E-state index in [0.29, 0.717) is 40.5 Å². The molecule has 2 amide bonds. The number of carbonyl (C=O) groups excluding carboxylic acids is 2. The fourth-order valence-corrected chi connectivity index (χ4v) is 5.94. The first-order valence-electron chi connectivity index (χ1n) is 14.9. The van der Waals surface area contributed by atoms with Gasteiger partial charge in [-0.25, -0.2) is 19.0 Å². The highest BCUT2D eigenvalue weighted by molar-refractivity contribution is 6.20. The Balaban J connectivity index is 1.24. The number of halogens is 1. The minimum Gasteiger partial charge on any atom is -0.474 e. The first-order valence-corrected chi connectivity index (χ1v) is 14.9. The predicted octanol–water partition coefficient (Wildman–Crippen LogP) is 4.03. The number of aryl methyl sites for hydroxylation is 1. The van der Waals surface area contributed by atoms with Gasteiger partial charge in [-0.3, -0.25) is 9.59 Å². The second-order valence-electron chi connectivity index (χ2n) is 11.3. The van der Waals surface area contributed by atoms with Gasteiger partial charge in [-0.15, -0.1) is 0 Å². The molecule has 3 atom stereocenters. The molecule has 2 aromatic carbocycles. The number of fused-ring (bicyclic) bond motifs is 2. The standard InChI is InChI=1S/C33H32FN7O4/c1-19-13-16-41-33(45-19)26(28(39-41)21-11-12-25(35-17-21)40-15-14-22(18-40)44-2)31(42)38-30-32(43)37-29-23(9-6-10-24(29)34)27(36-30)20-7-4-3-5-8-20/h3-12,17,19,22,30H,13-16,18H2,1-2H3,(H,37,43)(H,38,42)/t19-,22+,30-/m1/s1. The van der Waals surface area contributed by atoms with Gasteiger partial charge in [-0.05, 0) is 31.5 Å². The van der Waals surface area contributed by atoms with Crippen molar-refractivity contribution in [3.8, 4) is 17.1 Å². The van der Waals surface area contributed by atoms with E-state index in [-0.39, 0.29) is 23.5 Å². The number of benzodiazepines with no additional fused rings is 1. The Kier molecular flexibility index (Phi) is 7.50. The molecule has 7 rings (SSSR count). The number of rotatable bonds is 6. The van der Waals surface area contributed by atoms with Crippen LogP contribution in [0.1, 0.15) is 41.3 Å². The molecule has 0 spiro atoms. The topological polar surface area (TPSA) is 123 Å². The highest BCUT2D eigenvalue weighted by atomic mass is 19.1. The summed E-state index contributed by atoms with van der Waals surface area (Å²) in [5.74, 6) is -0.765. The van der Waals surface area contributed by atoms with E-state index < -0.39 is 23.8 Å². The van der Waals surface area contributed by atoms with Crippen LogP contribution in [0.15, 0.2) is 71.9 Å². The first-order chi connectivity index (χ1) is 21.9. The number of benzene rings is 2. The molecule has 0 radical (unpaired) electrons. The zero-order chi connectivity index (χ0) is 31.1.